The van der Waals surface area contributed by atoms with Crippen LogP contribution in [0.2, 0.25) is 0 Å². The summed E-state index contributed by atoms with van der Waals surface area (Å²) in [7, 11) is 0. The van der Waals surface area contributed by atoms with Crippen molar-refractivity contribution in [3.63, 3.8) is 0 Å². The van der Waals surface area contributed by atoms with Crippen molar-refractivity contribution in [1.82, 2.24) is 9.97 Å². The van der Waals surface area contributed by atoms with E-state index in [2.05, 4.69) is 9.97 Å². The third-order valence-corrected chi connectivity index (χ3v) is 2.86. The average Bonchev–Trinajstić information content (AvgIpc) is 2.77. The monoisotopic (exact) mass is 267 g/mol. The number of hydrogen-bond donors (Lipinski definition) is 2. The molecule has 0 aliphatic heterocycles. The van der Waals surface area contributed by atoms with E-state index in [-0.39, 0.29) is 24.3 Å². The molecule has 94 valence electrons. The standard InChI is InChI=1S/C9H9N5O3S/c10-7-6(14(15)16)8(13-9(11)12-7)17-4-5-2-1-3-18-5/h1-3H,4H2,(H4,10,11,12,13). The van der Waals surface area contributed by atoms with Gasteiger partial charge >= 0.3 is 11.6 Å². The maximum absolute atomic E-state index is 10.8. The zero-order valence-electron chi connectivity index (χ0n) is 9.07. The van der Waals surface area contributed by atoms with Crippen LogP contribution in [0.4, 0.5) is 17.5 Å². The molecule has 4 N–H and O–H groups in total. The number of nitrogen functional groups attached to an aromatic ring is 2. The summed E-state index contributed by atoms with van der Waals surface area (Å²) >= 11 is 1.46. The SMILES string of the molecule is Nc1nc(N)c([N+](=O)[O-])c(OCc2cccs2)n1. The first-order chi connectivity index (χ1) is 8.58. The molecule has 9 heteroatoms. The first kappa shape index (κ1) is 12.0. The number of nitrogens with two attached hydrogens (primary N) is 2. The highest BCUT2D eigenvalue weighted by atomic mass is 32.1. The molecule has 2 heterocycles. The molecule has 0 bridgehead atoms. The summed E-state index contributed by atoms with van der Waals surface area (Å²) in [4.78, 5) is 18.3. The molecule has 2 aromatic heterocycles. The van der Waals surface area contributed by atoms with Gasteiger partial charge in [0.15, 0.2) is 0 Å². The second kappa shape index (κ2) is 4.84. The smallest absolute Gasteiger partial charge is 0.372 e. The third kappa shape index (κ3) is 2.46. The molecule has 2 rings (SSSR count). The van der Waals surface area contributed by atoms with Gasteiger partial charge in [0.25, 0.3) is 0 Å². The van der Waals surface area contributed by atoms with E-state index in [0.717, 1.165) is 4.88 Å². The summed E-state index contributed by atoms with van der Waals surface area (Å²) in [6.07, 6.45) is 0. The molecule has 0 atom stereocenters. The van der Waals surface area contributed by atoms with Gasteiger partial charge in [-0.15, -0.1) is 11.3 Å². The predicted molar refractivity (Wildman–Crippen MR) is 66.2 cm³/mol. The van der Waals surface area contributed by atoms with Crippen molar-refractivity contribution in [2.24, 2.45) is 0 Å². The lowest BCUT2D eigenvalue weighted by Crippen LogP contribution is -2.08. The Labute approximate surface area is 105 Å². The highest BCUT2D eigenvalue weighted by Crippen LogP contribution is 2.31. The van der Waals surface area contributed by atoms with Crippen LogP contribution in [0.15, 0.2) is 17.5 Å². The van der Waals surface area contributed by atoms with Crippen molar-refractivity contribution < 1.29 is 9.66 Å². The highest BCUT2D eigenvalue weighted by Gasteiger charge is 2.24. The molecule has 0 spiro atoms. The van der Waals surface area contributed by atoms with Gasteiger partial charge in [0.2, 0.25) is 11.8 Å². The summed E-state index contributed by atoms with van der Waals surface area (Å²) in [6.45, 7) is 0.161. The molecular weight excluding hydrogens is 258 g/mol. The van der Waals surface area contributed by atoms with E-state index < -0.39 is 10.6 Å². The van der Waals surface area contributed by atoms with Gasteiger partial charge in [0, 0.05) is 4.88 Å². The third-order valence-electron chi connectivity index (χ3n) is 2.01. The van der Waals surface area contributed by atoms with Crippen molar-refractivity contribution in [2.45, 2.75) is 6.61 Å². The van der Waals surface area contributed by atoms with Crippen LogP contribution in [0.5, 0.6) is 5.88 Å². The number of anilines is 2. The van der Waals surface area contributed by atoms with Crippen molar-refractivity contribution in [1.29, 1.82) is 0 Å². The predicted octanol–water partition coefficient (Wildman–Crippen LogP) is 1.19. The Morgan fingerprint density at radius 2 is 2.22 bits per heavy atom. The maximum Gasteiger partial charge on any atom is 0.372 e. The van der Waals surface area contributed by atoms with Crippen LogP contribution in [-0.2, 0) is 6.61 Å². The van der Waals surface area contributed by atoms with E-state index in [1.807, 2.05) is 17.5 Å². The topological polar surface area (TPSA) is 130 Å². The summed E-state index contributed by atoms with van der Waals surface area (Å²) in [6, 6.07) is 3.69. The minimum Gasteiger partial charge on any atom is -0.467 e. The van der Waals surface area contributed by atoms with Gasteiger partial charge in [0.05, 0.1) is 4.92 Å². The number of hydrogen-bond acceptors (Lipinski definition) is 8. The van der Waals surface area contributed by atoms with Crippen molar-refractivity contribution in [3.05, 3.63) is 32.5 Å². The Hall–Kier alpha value is -2.42. The molecule has 0 aliphatic carbocycles. The first-order valence-electron chi connectivity index (χ1n) is 4.80. The van der Waals surface area contributed by atoms with Gasteiger partial charge in [-0.1, -0.05) is 6.07 Å². The molecule has 0 fully saturated rings. The van der Waals surface area contributed by atoms with Gasteiger partial charge in [-0.25, -0.2) is 0 Å². The van der Waals surface area contributed by atoms with Gasteiger partial charge in [-0.3, -0.25) is 10.1 Å². The van der Waals surface area contributed by atoms with Crippen molar-refractivity contribution in [2.75, 3.05) is 11.5 Å². The molecule has 2 aromatic rings. The van der Waals surface area contributed by atoms with Crippen molar-refractivity contribution >= 4 is 28.8 Å². The van der Waals surface area contributed by atoms with Crippen LogP contribution in [-0.4, -0.2) is 14.9 Å². The second-order valence-corrected chi connectivity index (χ2v) is 4.28. The second-order valence-electron chi connectivity index (χ2n) is 3.25. The fourth-order valence-electron chi connectivity index (χ4n) is 1.27. The van der Waals surface area contributed by atoms with E-state index in [1.54, 1.807) is 0 Å². The van der Waals surface area contributed by atoms with E-state index in [0.29, 0.717) is 0 Å². The Balaban J connectivity index is 2.28. The lowest BCUT2D eigenvalue weighted by atomic mass is 10.4. The molecule has 0 aliphatic rings. The first-order valence-corrected chi connectivity index (χ1v) is 5.68. The molecule has 0 amide bonds. The average molecular weight is 267 g/mol. The zero-order valence-corrected chi connectivity index (χ0v) is 9.88. The number of ether oxygens (including phenoxy) is 1. The molecule has 0 unspecified atom stereocenters. The number of nitrogens with zero attached hydrogens (tertiary/aromatic N) is 3. The van der Waals surface area contributed by atoms with Crippen molar-refractivity contribution in [3.8, 4) is 5.88 Å². The van der Waals surface area contributed by atoms with Crippen LogP contribution >= 0.6 is 11.3 Å². The van der Waals surface area contributed by atoms with Gasteiger partial charge < -0.3 is 16.2 Å². The lowest BCUT2D eigenvalue weighted by Gasteiger charge is -2.06. The number of aromatic nitrogens is 2. The largest absolute Gasteiger partial charge is 0.467 e. The van der Waals surface area contributed by atoms with Crippen LogP contribution < -0.4 is 16.2 Å². The van der Waals surface area contributed by atoms with Crippen LogP contribution in [0.25, 0.3) is 0 Å². The Morgan fingerprint density at radius 1 is 1.44 bits per heavy atom. The number of thiophene rings is 1. The number of rotatable bonds is 4. The van der Waals surface area contributed by atoms with E-state index in [4.69, 9.17) is 16.2 Å². The molecule has 18 heavy (non-hydrogen) atoms. The highest BCUT2D eigenvalue weighted by molar-refractivity contribution is 7.09. The van der Waals surface area contributed by atoms with Crippen LogP contribution in [0.3, 0.4) is 0 Å². The Kier molecular flexibility index (Phi) is 3.24. The quantitative estimate of drug-likeness (QED) is 0.628. The van der Waals surface area contributed by atoms with Gasteiger partial charge in [-0.2, -0.15) is 9.97 Å². The Morgan fingerprint density at radius 3 is 2.83 bits per heavy atom. The molecule has 0 radical (unpaired) electrons. The lowest BCUT2D eigenvalue weighted by molar-refractivity contribution is -0.385. The number of nitro groups is 1. The molecule has 8 nitrogen and oxygen atoms in total. The Bertz CT molecular complexity index is 572. The molecule has 0 saturated carbocycles. The summed E-state index contributed by atoms with van der Waals surface area (Å²) in [5.41, 5.74) is 10.3. The fourth-order valence-corrected chi connectivity index (χ4v) is 1.89. The molecule has 0 aromatic carbocycles. The molecular formula is C9H9N5O3S. The normalized spacial score (nSPS) is 10.2. The minimum absolute atomic E-state index is 0.161. The maximum atomic E-state index is 10.8. The van der Waals surface area contributed by atoms with E-state index in [9.17, 15) is 10.1 Å². The fraction of sp³-hybridized carbons (Fsp3) is 0.111. The van der Waals surface area contributed by atoms with Crippen LogP contribution in [0, 0.1) is 10.1 Å². The minimum atomic E-state index is -0.696. The summed E-state index contributed by atoms with van der Waals surface area (Å²) in [5, 5.41) is 12.7. The van der Waals surface area contributed by atoms with Crippen LogP contribution in [0.1, 0.15) is 4.88 Å². The zero-order chi connectivity index (χ0) is 13.1. The van der Waals surface area contributed by atoms with E-state index in [1.165, 1.54) is 11.3 Å². The molecule has 0 saturated heterocycles. The summed E-state index contributed by atoms with van der Waals surface area (Å²) in [5.74, 6) is -0.702. The van der Waals surface area contributed by atoms with Gasteiger partial charge in [-0.05, 0) is 11.4 Å². The van der Waals surface area contributed by atoms with Gasteiger partial charge in [0.1, 0.15) is 6.61 Å². The summed E-state index contributed by atoms with van der Waals surface area (Å²) < 4.78 is 5.26. The van der Waals surface area contributed by atoms with E-state index >= 15 is 0 Å².